The van der Waals surface area contributed by atoms with Gasteiger partial charge in [-0.15, -0.1) is 11.3 Å². The molecule has 2 aromatic heterocycles. The first-order valence-electron chi connectivity index (χ1n) is 8.77. The Bertz CT molecular complexity index is 800. The van der Waals surface area contributed by atoms with Crippen LogP contribution in [0.25, 0.3) is 0 Å². The molecular weight excluding hydrogens is 381 g/mol. The molecule has 2 N–H and O–H groups in total. The SMILES string of the molecule is O=C(NC[C@@H]1CCCO1)c1cnn2c1N[C@@H](c1cccs1)C[C@H]2C(F)(F)F. The van der Waals surface area contributed by atoms with E-state index in [-0.39, 0.29) is 23.9 Å². The number of rotatable bonds is 4. The number of hydrogen-bond acceptors (Lipinski definition) is 5. The van der Waals surface area contributed by atoms with Crippen molar-refractivity contribution in [3.8, 4) is 0 Å². The van der Waals surface area contributed by atoms with Crippen molar-refractivity contribution in [2.24, 2.45) is 0 Å². The van der Waals surface area contributed by atoms with E-state index in [1.54, 1.807) is 12.1 Å². The highest BCUT2D eigenvalue weighted by atomic mass is 32.1. The van der Waals surface area contributed by atoms with Crippen LogP contribution in [0.15, 0.2) is 23.7 Å². The van der Waals surface area contributed by atoms with E-state index in [1.807, 2.05) is 5.38 Å². The lowest BCUT2D eigenvalue weighted by atomic mass is 10.0. The monoisotopic (exact) mass is 400 g/mol. The molecule has 27 heavy (non-hydrogen) atoms. The van der Waals surface area contributed by atoms with Crippen LogP contribution in [0.2, 0.25) is 0 Å². The Kier molecular flexibility index (Phi) is 4.85. The lowest BCUT2D eigenvalue weighted by Crippen LogP contribution is -2.37. The average Bonchev–Trinajstić information content (AvgIpc) is 3.39. The van der Waals surface area contributed by atoms with Crippen molar-refractivity contribution in [2.75, 3.05) is 18.5 Å². The molecule has 3 atom stereocenters. The third kappa shape index (κ3) is 3.68. The van der Waals surface area contributed by atoms with Crippen LogP contribution in [-0.4, -0.2) is 41.1 Å². The first kappa shape index (κ1) is 18.3. The van der Waals surface area contributed by atoms with Crippen LogP contribution < -0.4 is 10.6 Å². The predicted octanol–water partition coefficient (Wildman–Crippen LogP) is 3.51. The first-order chi connectivity index (χ1) is 12.9. The van der Waals surface area contributed by atoms with E-state index in [0.717, 1.165) is 22.4 Å². The fourth-order valence-electron chi connectivity index (χ4n) is 3.51. The highest BCUT2D eigenvalue weighted by molar-refractivity contribution is 7.10. The molecule has 0 saturated carbocycles. The molecule has 146 valence electrons. The van der Waals surface area contributed by atoms with Gasteiger partial charge in [-0.2, -0.15) is 18.3 Å². The molecule has 1 amide bonds. The number of thiophene rings is 1. The normalized spacial score (nSPS) is 25.1. The van der Waals surface area contributed by atoms with Gasteiger partial charge in [0.05, 0.1) is 18.3 Å². The summed E-state index contributed by atoms with van der Waals surface area (Å²) in [6.07, 6.45) is -1.67. The van der Waals surface area contributed by atoms with Crippen LogP contribution in [0, 0.1) is 0 Å². The van der Waals surface area contributed by atoms with Crippen LogP contribution in [-0.2, 0) is 4.74 Å². The van der Waals surface area contributed by atoms with E-state index < -0.39 is 24.2 Å². The maximum atomic E-state index is 13.6. The number of fused-ring (bicyclic) bond motifs is 1. The molecule has 2 aromatic rings. The summed E-state index contributed by atoms with van der Waals surface area (Å²) >= 11 is 1.38. The van der Waals surface area contributed by atoms with E-state index in [1.165, 1.54) is 17.5 Å². The van der Waals surface area contributed by atoms with Crippen LogP contribution in [0.3, 0.4) is 0 Å². The minimum atomic E-state index is -4.45. The van der Waals surface area contributed by atoms with Gasteiger partial charge >= 0.3 is 6.18 Å². The Hall–Kier alpha value is -2.07. The van der Waals surface area contributed by atoms with E-state index >= 15 is 0 Å². The van der Waals surface area contributed by atoms with Gasteiger partial charge in [-0.05, 0) is 24.3 Å². The van der Waals surface area contributed by atoms with Crippen molar-refractivity contribution >= 4 is 23.1 Å². The molecule has 6 nitrogen and oxygen atoms in total. The molecule has 1 saturated heterocycles. The molecule has 0 aromatic carbocycles. The van der Waals surface area contributed by atoms with E-state index in [4.69, 9.17) is 4.74 Å². The third-order valence-corrected chi connectivity index (χ3v) is 5.87. The summed E-state index contributed by atoms with van der Waals surface area (Å²) < 4.78 is 47.1. The molecule has 1 fully saturated rings. The Morgan fingerprint density at radius 3 is 3.00 bits per heavy atom. The largest absolute Gasteiger partial charge is 0.410 e. The summed E-state index contributed by atoms with van der Waals surface area (Å²) in [4.78, 5) is 13.3. The standard InChI is InChI=1S/C17H19F3N4O2S/c18-17(19,20)14-7-12(13-4-2-6-27-13)23-15-11(9-22-24(14)15)16(25)21-8-10-3-1-5-26-10/h2,4,6,9-10,12,14,23H,1,3,5,7-8H2,(H,21,25)/t10-,12+,14-/m0/s1. The molecule has 0 unspecified atom stereocenters. The lowest BCUT2D eigenvalue weighted by Gasteiger charge is -2.33. The number of carbonyl (C=O) groups is 1. The molecule has 10 heteroatoms. The number of aromatic nitrogens is 2. The number of amides is 1. The maximum Gasteiger partial charge on any atom is 0.410 e. The van der Waals surface area contributed by atoms with Gasteiger partial charge in [0.1, 0.15) is 11.4 Å². The number of nitrogens with one attached hydrogen (secondary N) is 2. The molecule has 4 rings (SSSR count). The molecule has 4 heterocycles. The van der Waals surface area contributed by atoms with Crippen molar-refractivity contribution in [1.29, 1.82) is 0 Å². The second-order valence-corrected chi connectivity index (χ2v) is 7.68. The number of ether oxygens (including phenoxy) is 1. The highest BCUT2D eigenvalue weighted by Crippen LogP contribution is 2.44. The second-order valence-electron chi connectivity index (χ2n) is 6.70. The number of hydrogen-bond donors (Lipinski definition) is 2. The fourth-order valence-corrected chi connectivity index (χ4v) is 4.30. The van der Waals surface area contributed by atoms with Gasteiger partial charge in [-0.25, -0.2) is 4.68 Å². The summed E-state index contributed by atoms with van der Waals surface area (Å²) in [6, 6.07) is 1.29. The molecule has 0 bridgehead atoms. The van der Waals surface area contributed by atoms with Crippen LogP contribution >= 0.6 is 11.3 Å². The van der Waals surface area contributed by atoms with Crippen molar-refractivity contribution < 1.29 is 22.7 Å². The fraction of sp³-hybridized carbons (Fsp3) is 0.529. The molecule has 0 aliphatic carbocycles. The Morgan fingerprint density at radius 2 is 2.33 bits per heavy atom. The number of alkyl halides is 3. The number of anilines is 1. The van der Waals surface area contributed by atoms with Crippen LogP contribution in [0.1, 0.15) is 46.6 Å². The van der Waals surface area contributed by atoms with Crippen molar-refractivity contribution in [1.82, 2.24) is 15.1 Å². The lowest BCUT2D eigenvalue weighted by molar-refractivity contribution is -0.173. The quantitative estimate of drug-likeness (QED) is 0.824. The minimum Gasteiger partial charge on any atom is -0.376 e. The smallest absolute Gasteiger partial charge is 0.376 e. The number of halogens is 3. The molecule has 2 aliphatic heterocycles. The summed E-state index contributed by atoms with van der Waals surface area (Å²) in [5.41, 5.74) is 0.114. The summed E-state index contributed by atoms with van der Waals surface area (Å²) in [5, 5.41) is 11.5. The van der Waals surface area contributed by atoms with Gasteiger partial charge in [0.25, 0.3) is 5.91 Å². The summed E-state index contributed by atoms with van der Waals surface area (Å²) in [6.45, 7) is 1.00. The van der Waals surface area contributed by atoms with Gasteiger partial charge in [0.2, 0.25) is 0 Å². The predicted molar refractivity (Wildman–Crippen MR) is 93.9 cm³/mol. The Balaban J connectivity index is 1.59. The van der Waals surface area contributed by atoms with E-state index in [2.05, 4.69) is 15.7 Å². The Labute approximate surface area is 157 Å². The van der Waals surface area contributed by atoms with Gasteiger partial charge < -0.3 is 15.4 Å². The molecule has 0 radical (unpaired) electrons. The van der Waals surface area contributed by atoms with Gasteiger partial charge in [-0.3, -0.25) is 4.79 Å². The van der Waals surface area contributed by atoms with Crippen molar-refractivity contribution in [2.45, 2.75) is 43.6 Å². The van der Waals surface area contributed by atoms with Crippen molar-refractivity contribution in [3.05, 3.63) is 34.2 Å². The van der Waals surface area contributed by atoms with Crippen molar-refractivity contribution in [3.63, 3.8) is 0 Å². The van der Waals surface area contributed by atoms with E-state index in [9.17, 15) is 18.0 Å². The zero-order valence-electron chi connectivity index (χ0n) is 14.3. The molecule has 2 aliphatic rings. The topological polar surface area (TPSA) is 68.2 Å². The summed E-state index contributed by atoms with van der Waals surface area (Å²) in [5.74, 6) is -0.348. The zero-order valence-corrected chi connectivity index (χ0v) is 15.1. The number of carbonyl (C=O) groups excluding carboxylic acids is 1. The molecular formula is C17H19F3N4O2S. The minimum absolute atomic E-state index is 0.0462. The van der Waals surface area contributed by atoms with Crippen LogP contribution in [0.4, 0.5) is 19.0 Å². The average molecular weight is 400 g/mol. The first-order valence-corrected chi connectivity index (χ1v) is 9.65. The van der Waals surface area contributed by atoms with E-state index in [0.29, 0.717) is 13.2 Å². The highest BCUT2D eigenvalue weighted by Gasteiger charge is 2.47. The second kappa shape index (κ2) is 7.16. The number of nitrogens with zero attached hydrogens (tertiary/aromatic N) is 2. The summed E-state index contributed by atoms with van der Waals surface area (Å²) in [7, 11) is 0. The van der Waals surface area contributed by atoms with Gasteiger partial charge in [0, 0.05) is 24.4 Å². The third-order valence-electron chi connectivity index (χ3n) is 4.88. The zero-order chi connectivity index (χ0) is 19.0. The van der Waals surface area contributed by atoms with Gasteiger partial charge in [-0.1, -0.05) is 6.07 Å². The molecule has 0 spiro atoms. The maximum absolute atomic E-state index is 13.6. The van der Waals surface area contributed by atoms with Gasteiger partial charge in [0.15, 0.2) is 6.04 Å². The van der Waals surface area contributed by atoms with Crippen LogP contribution in [0.5, 0.6) is 0 Å². The Morgan fingerprint density at radius 1 is 1.48 bits per heavy atom.